The van der Waals surface area contributed by atoms with Gasteiger partial charge in [0.2, 0.25) is 5.91 Å². The number of aryl methyl sites for hydroxylation is 1. The van der Waals surface area contributed by atoms with Gasteiger partial charge in [-0.15, -0.1) is 0 Å². The van der Waals surface area contributed by atoms with Gasteiger partial charge >= 0.3 is 0 Å². The first-order chi connectivity index (χ1) is 10.4. The quantitative estimate of drug-likeness (QED) is 0.862. The Labute approximate surface area is 133 Å². The van der Waals surface area contributed by atoms with Crippen LogP contribution in [0.15, 0.2) is 0 Å². The van der Waals surface area contributed by atoms with E-state index in [4.69, 9.17) is 0 Å². The monoisotopic (exact) mass is 307 g/mol. The standard InChI is InChI=1S/C16H29N5O/c1-11(2)14-12(16(20(3)4)21(5)19-14)10-18-13-8-6-7-9-17-15(13)22/h11,13,18H,6-10H2,1-5H3,(H,17,22). The molecule has 1 aromatic rings. The maximum absolute atomic E-state index is 12.1. The van der Waals surface area contributed by atoms with Crippen molar-refractivity contribution < 1.29 is 4.79 Å². The highest BCUT2D eigenvalue weighted by Crippen LogP contribution is 2.27. The van der Waals surface area contributed by atoms with E-state index in [1.165, 1.54) is 5.56 Å². The van der Waals surface area contributed by atoms with Crippen molar-refractivity contribution in [2.24, 2.45) is 7.05 Å². The molecule has 0 aromatic carbocycles. The van der Waals surface area contributed by atoms with Crippen LogP contribution < -0.4 is 15.5 Å². The van der Waals surface area contributed by atoms with Crippen LogP contribution in [-0.2, 0) is 18.4 Å². The molecular weight excluding hydrogens is 278 g/mol. The molecule has 22 heavy (non-hydrogen) atoms. The van der Waals surface area contributed by atoms with E-state index in [1.54, 1.807) is 0 Å². The van der Waals surface area contributed by atoms with Gasteiger partial charge in [-0.25, -0.2) is 0 Å². The number of aromatic nitrogens is 2. The minimum atomic E-state index is -0.0993. The Kier molecular flexibility index (Phi) is 5.45. The fourth-order valence-electron chi connectivity index (χ4n) is 3.13. The van der Waals surface area contributed by atoms with E-state index in [9.17, 15) is 4.79 Å². The van der Waals surface area contributed by atoms with Crippen LogP contribution in [0.1, 0.15) is 50.3 Å². The number of anilines is 1. The van der Waals surface area contributed by atoms with Gasteiger partial charge in [-0.1, -0.05) is 13.8 Å². The molecule has 6 nitrogen and oxygen atoms in total. The molecule has 0 saturated carbocycles. The first-order valence-corrected chi connectivity index (χ1v) is 8.16. The molecule has 1 fully saturated rings. The highest BCUT2D eigenvalue weighted by Gasteiger charge is 2.24. The summed E-state index contributed by atoms with van der Waals surface area (Å²) in [6.07, 6.45) is 3.05. The van der Waals surface area contributed by atoms with E-state index in [-0.39, 0.29) is 11.9 Å². The molecule has 0 aliphatic carbocycles. The molecule has 1 saturated heterocycles. The summed E-state index contributed by atoms with van der Waals surface area (Å²) >= 11 is 0. The average molecular weight is 307 g/mol. The van der Waals surface area contributed by atoms with Crippen molar-refractivity contribution in [3.8, 4) is 0 Å². The van der Waals surface area contributed by atoms with Gasteiger partial charge < -0.3 is 15.5 Å². The molecule has 1 aliphatic heterocycles. The van der Waals surface area contributed by atoms with Gasteiger partial charge in [0, 0.05) is 39.8 Å². The number of hydrogen-bond donors (Lipinski definition) is 2. The maximum Gasteiger partial charge on any atom is 0.237 e. The fraction of sp³-hybridized carbons (Fsp3) is 0.750. The number of rotatable bonds is 5. The van der Waals surface area contributed by atoms with Crippen molar-refractivity contribution in [3.63, 3.8) is 0 Å². The summed E-state index contributed by atoms with van der Waals surface area (Å²) in [5.41, 5.74) is 2.30. The Morgan fingerprint density at radius 3 is 2.77 bits per heavy atom. The summed E-state index contributed by atoms with van der Waals surface area (Å²) in [5, 5.41) is 11.1. The third-order valence-electron chi connectivity index (χ3n) is 4.17. The average Bonchev–Trinajstić information content (AvgIpc) is 2.64. The number of carbonyl (C=O) groups is 1. The lowest BCUT2D eigenvalue weighted by molar-refractivity contribution is -0.122. The zero-order valence-corrected chi connectivity index (χ0v) is 14.4. The molecular formula is C16H29N5O. The number of hydrogen-bond acceptors (Lipinski definition) is 4. The second kappa shape index (κ2) is 7.13. The summed E-state index contributed by atoms with van der Waals surface area (Å²) in [5.74, 6) is 1.59. The Bertz CT molecular complexity index is 521. The normalized spacial score (nSPS) is 19.2. The molecule has 1 atom stereocenters. The molecule has 1 unspecified atom stereocenters. The number of nitrogens with one attached hydrogen (secondary N) is 2. The lowest BCUT2D eigenvalue weighted by Gasteiger charge is -2.19. The number of amides is 1. The Morgan fingerprint density at radius 2 is 2.14 bits per heavy atom. The first-order valence-electron chi connectivity index (χ1n) is 8.16. The second-order valence-electron chi connectivity index (χ2n) is 6.58. The molecule has 1 amide bonds. The van der Waals surface area contributed by atoms with Crippen molar-refractivity contribution in [1.82, 2.24) is 20.4 Å². The van der Waals surface area contributed by atoms with E-state index in [1.807, 2.05) is 25.8 Å². The third-order valence-corrected chi connectivity index (χ3v) is 4.17. The molecule has 0 radical (unpaired) electrons. The van der Waals surface area contributed by atoms with Crippen LogP contribution in [0.5, 0.6) is 0 Å². The molecule has 6 heteroatoms. The van der Waals surface area contributed by atoms with E-state index < -0.39 is 0 Å². The van der Waals surface area contributed by atoms with Gasteiger partial charge in [0.25, 0.3) is 0 Å². The summed E-state index contributed by atoms with van der Waals surface area (Å²) < 4.78 is 1.93. The van der Waals surface area contributed by atoms with Crippen LogP contribution in [0.3, 0.4) is 0 Å². The van der Waals surface area contributed by atoms with Gasteiger partial charge in [0.15, 0.2) is 0 Å². The minimum Gasteiger partial charge on any atom is -0.363 e. The molecule has 1 aliphatic rings. The Hall–Kier alpha value is -1.56. The molecule has 1 aromatic heterocycles. The largest absolute Gasteiger partial charge is 0.363 e. The van der Waals surface area contributed by atoms with E-state index >= 15 is 0 Å². The highest BCUT2D eigenvalue weighted by molar-refractivity contribution is 5.81. The van der Waals surface area contributed by atoms with E-state index in [0.717, 1.165) is 37.3 Å². The molecule has 124 valence electrons. The van der Waals surface area contributed by atoms with E-state index in [0.29, 0.717) is 12.5 Å². The highest BCUT2D eigenvalue weighted by atomic mass is 16.2. The lowest BCUT2D eigenvalue weighted by atomic mass is 10.0. The zero-order valence-electron chi connectivity index (χ0n) is 14.4. The Balaban J connectivity index is 2.18. The lowest BCUT2D eigenvalue weighted by Crippen LogP contribution is -2.42. The van der Waals surface area contributed by atoms with E-state index in [2.05, 4.69) is 34.5 Å². The zero-order chi connectivity index (χ0) is 16.3. The van der Waals surface area contributed by atoms with Crippen LogP contribution in [0.2, 0.25) is 0 Å². The van der Waals surface area contributed by atoms with Crippen molar-refractivity contribution in [2.75, 3.05) is 25.5 Å². The topological polar surface area (TPSA) is 62.2 Å². The fourth-order valence-corrected chi connectivity index (χ4v) is 3.13. The van der Waals surface area contributed by atoms with Crippen LogP contribution in [-0.4, -0.2) is 42.4 Å². The molecule has 0 bridgehead atoms. The summed E-state index contributed by atoms with van der Waals surface area (Å²) in [6, 6.07) is -0.0993. The summed E-state index contributed by atoms with van der Waals surface area (Å²) in [4.78, 5) is 14.2. The van der Waals surface area contributed by atoms with Crippen LogP contribution in [0.25, 0.3) is 0 Å². The minimum absolute atomic E-state index is 0.0993. The Morgan fingerprint density at radius 1 is 1.41 bits per heavy atom. The van der Waals surface area contributed by atoms with Gasteiger partial charge in [0.1, 0.15) is 5.82 Å². The molecule has 2 heterocycles. The molecule has 0 spiro atoms. The first kappa shape index (κ1) is 16.8. The molecule has 2 rings (SSSR count). The van der Waals surface area contributed by atoms with Gasteiger partial charge in [-0.2, -0.15) is 5.10 Å². The van der Waals surface area contributed by atoms with Crippen molar-refractivity contribution in [1.29, 1.82) is 0 Å². The van der Waals surface area contributed by atoms with Crippen LogP contribution in [0.4, 0.5) is 5.82 Å². The predicted octanol–water partition coefficient (Wildman–Crippen LogP) is 1.37. The molecule has 2 N–H and O–H groups in total. The second-order valence-corrected chi connectivity index (χ2v) is 6.58. The van der Waals surface area contributed by atoms with Gasteiger partial charge in [0.05, 0.1) is 11.7 Å². The van der Waals surface area contributed by atoms with Crippen molar-refractivity contribution >= 4 is 11.7 Å². The number of nitrogens with zero attached hydrogens (tertiary/aromatic N) is 3. The van der Waals surface area contributed by atoms with Gasteiger partial charge in [-0.05, 0) is 25.2 Å². The summed E-state index contributed by atoms with van der Waals surface area (Å²) in [7, 11) is 6.04. The predicted molar refractivity (Wildman–Crippen MR) is 89.1 cm³/mol. The smallest absolute Gasteiger partial charge is 0.237 e. The third kappa shape index (κ3) is 3.61. The van der Waals surface area contributed by atoms with Crippen molar-refractivity contribution in [2.45, 2.75) is 51.6 Å². The van der Waals surface area contributed by atoms with Crippen LogP contribution >= 0.6 is 0 Å². The summed E-state index contributed by atoms with van der Waals surface area (Å²) in [6.45, 7) is 5.78. The SMILES string of the molecule is CC(C)c1nn(C)c(N(C)C)c1CNC1CCCCNC1=O. The van der Waals surface area contributed by atoms with Crippen LogP contribution in [0, 0.1) is 0 Å². The number of carbonyl (C=O) groups excluding carboxylic acids is 1. The maximum atomic E-state index is 12.1. The van der Waals surface area contributed by atoms with Gasteiger partial charge in [-0.3, -0.25) is 9.48 Å². The van der Waals surface area contributed by atoms with Crippen molar-refractivity contribution in [3.05, 3.63) is 11.3 Å².